The van der Waals surface area contributed by atoms with Crippen LogP contribution in [0.4, 0.5) is 0 Å². The van der Waals surface area contributed by atoms with E-state index in [0.29, 0.717) is 11.4 Å². The van der Waals surface area contributed by atoms with Gasteiger partial charge in [0.2, 0.25) is 0 Å². The van der Waals surface area contributed by atoms with Gasteiger partial charge in [-0.2, -0.15) is 5.26 Å². The molecule has 60 valence electrons. The summed E-state index contributed by atoms with van der Waals surface area (Å²) in [6.07, 6.45) is 0. The maximum atomic E-state index is 11.4. The summed E-state index contributed by atoms with van der Waals surface area (Å²) in [5.74, 6) is -0.0171. The van der Waals surface area contributed by atoms with Gasteiger partial charge in [-0.25, -0.2) is 0 Å². The molecule has 0 aromatic carbocycles. The van der Waals surface area contributed by atoms with E-state index in [1.807, 2.05) is 17.5 Å². The molecular weight excluding hydrogens is 172 g/mol. The first kappa shape index (κ1) is 7.32. The zero-order chi connectivity index (χ0) is 8.55. The largest absolute Gasteiger partial charge is 0.317 e. The molecule has 0 aliphatic carbocycles. The van der Waals surface area contributed by atoms with E-state index in [1.54, 1.807) is 11.0 Å². The van der Waals surface area contributed by atoms with Crippen molar-refractivity contribution >= 4 is 17.2 Å². The molecular formula is C8H6N2OS. The van der Waals surface area contributed by atoms with Crippen LogP contribution >= 0.6 is 11.3 Å². The highest BCUT2D eigenvalue weighted by molar-refractivity contribution is 7.12. The second kappa shape index (κ2) is 2.61. The lowest BCUT2D eigenvalue weighted by molar-refractivity contribution is 0.0884. The summed E-state index contributed by atoms with van der Waals surface area (Å²) in [6, 6.07) is 5.47. The maximum absolute atomic E-state index is 11.4. The predicted octanol–water partition coefficient (Wildman–Crippen LogP) is 1.10. The first-order chi connectivity index (χ1) is 5.83. The molecule has 1 aromatic rings. The number of hydrogen-bond acceptors (Lipinski definition) is 3. The Labute approximate surface area is 73.8 Å². The van der Waals surface area contributed by atoms with Gasteiger partial charge in [0.05, 0.1) is 17.5 Å². The molecule has 1 fully saturated rings. The Morgan fingerprint density at radius 3 is 3.17 bits per heavy atom. The fourth-order valence-corrected chi connectivity index (χ4v) is 1.69. The zero-order valence-corrected chi connectivity index (χ0v) is 7.04. The maximum Gasteiger partial charge on any atom is 0.265 e. The van der Waals surface area contributed by atoms with Crippen molar-refractivity contribution in [2.45, 2.75) is 6.04 Å². The molecule has 0 spiro atoms. The van der Waals surface area contributed by atoms with E-state index in [-0.39, 0.29) is 11.9 Å². The van der Waals surface area contributed by atoms with Crippen molar-refractivity contribution in [3.8, 4) is 6.07 Å². The van der Waals surface area contributed by atoms with Crippen molar-refractivity contribution in [2.75, 3.05) is 6.54 Å². The number of rotatable bonds is 1. The SMILES string of the molecule is N#CC1CN1C(=O)c1cccs1. The molecule has 1 unspecified atom stereocenters. The molecule has 1 aliphatic rings. The molecule has 0 N–H and O–H groups in total. The molecule has 1 atom stereocenters. The second-order valence-electron chi connectivity index (χ2n) is 2.58. The van der Waals surface area contributed by atoms with Crippen LogP contribution in [0.2, 0.25) is 0 Å². The molecule has 0 saturated carbocycles. The van der Waals surface area contributed by atoms with E-state index in [9.17, 15) is 4.79 Å². The average Bonchev–Trinajstić information content (AvgIpc) is 2.68. The minimum atomic E-state index is -0.181. The number of hydrogen-bond donors (Lipinski definition) is 0. The third kappa shape index (κ3) is 1.08. The Hall–Kier alpha value is -1.34. The fraction of sp³-hybridized carbons (Fsp3) is 0.250. The van der Waals surface area contributed by atoms with E-state index in [4.69, 9.17) is 5.26 Å². The molecule has 1 aromatic heterocycles. The minimum Gasteiger partial charge on any atom is -0.317 e. The first-order valence-electron chi connectivity index (χ1n) is 3.57. The van der Waals surface area contributed by atoms with Gasteiger partial charge in [-0.15, -0.1) is 11.3 Å². The quantitative estimate of drug-likeness (QED) is 0.604. The number of carbonyl (C=O) groups excluding carboxylic acids is 1. The van der Waals surface area contributed by atoms with Crippen molar-refractivity contribution in [3.05, 3.63) is 22.4 Å². The smallest absolute Gasteiger partial charge is 0.265 e. The highest BCUT2D eigenvalue weighted by Gasteiger charge is 2.39. The van der Waals surface area contributed by atoms with E-state index < -0.39 is 0 Å². The highest BCUT2D eigenvalue weighted by atomic mass is 32.1. The van der Waals surface area contributed by atoms with Gasteiger partial charge in [-0.1, -0.05) is 6.07 Å². The van der Waals surface area contributed by atoms with Crippen LogP contribution in [-0.4, -0.2) is 23.4 Å². The van der Waals surface area contributed by atoms with Gasteiger partial charge in [0.25, 0.3) is 5.91 Å². The van der Waals surface area contributed by atoms with Crippen LogP contribution in [0.25, 0.3) is 0 Å². The van der Waals surface area contributed by atoms with Crippen LogP contribution in [0.15, 0.2) is 17.5 Å². The standard InChI is InChI=1S/C8H6N2OS/c9-4-6-5-10(6)8(11)7-2-1-3-12-7/h1-3,6H,5H2. The van der Waals surface area contributed by atoms with Crippen LogP contribution in [0, 0.1) is 11.3 Å². The van der Waals surface area contributed by atoms with Crippen molar-refractivity contribution in [2.24, 2.45) is 0 Å². The normalized spacial score (nSPS) is 20.2. The fourth-order valence-electron chi connectivity index (χ4n) is 1.02. The number of nitriles is 1. The summed E-state index contributed by atoms with van der Waals surface area (Å²) in [5, 5.41) is 10.3. The summed E-state index contributed by atoms with van der Waals surface area (Å²) >= 11 is 1.41. The van der Waals surface area contributed by atoms with Crippen LogP contribution < -0.4 is 0 Å². The summed E-state index contributed by atoms with van der Waals surface area (Å²) in [4.78, 5) is 13.7. The van der Waals surface area contributed by atoms with Gasteiger partial charge in [-0.05, 0) is 11.4 Å². The number of thiophene rings is 1. The number of carbonyl (C=O) groups is 1. The third-order valence-electron chi connectivity index (χ3n) is 1.75. The molecule has 1 saturated heterocycles. The molecule has 2 rings (SSSR count). The topological polar surface area (TPSA) is 43.9 Å². The monoisotopic (exact) mass is 178 g/mol. The van der Waals surface area contributed by atoms with Crippen molar-refractivity contribution in [1.82, 2.24) is 4.90 Å². The molecule has 0 bridgehead atoms. The van der Waals surface area contributed by atoms with Gasteiger partial charge in [0.1, 0.15) is 6.04 Å². The molecule has 0 radical (unpaired) electrons. The Morgan fingerprint density at radius 1 is 1.83 bits per heavy atom. The third-order valence-corrected chi connectivity index (χ3v) is 2.61. The first-order valence-corrected chi connectivity index (χ1v) is 4.45. The van der Waals surface area contributed by atoms with E-state index in [1.165, 1.54) is 11.3 Å². The Morgan fingerprint density at radius 2 is 2.67 bits per heavy atom. The van der Waals surface area contributed by atoms with Gasteiger partial charge < -0.3 is 4.90 Å². The zero-order valence-electron chi connectivity index (χ0n) is 6.23. The average molecular weight is 178 g/mol. The molecule has 12 heavy (non-hydrogen) atoms. The lowest BCUT2D eigenvalue weighted by Gasteiger charge is -1.95. The number of amides is 1. The number of nitrogens with zero attached hydrogens (tertiary/aromatic N) is 2. The summed E-state index contributed by atoms with van der Waals surface area (Å²) in [5.41, 5.74) is 0. The lowest BCUT2D eigenvalue weighted by atomic mass is 10.4. The van der Waals surface area contributed by atoms with Crippen molar-refractivity contribution in [3.63, 3.8) is 0 Å². The van der Waals surface area contributed by atoms with Gasteiger partial charge >= 0.3 is 0 Å². The van der Waals surface area contributed by atoms with Crippen LogP contribution in [-0.2, 0) is 0 Å². The Kier molecular flexibility index (Phi) is 1.59. The molecule has 3 nitrogen and oxygen atoms in total. The van der Waals surface area contributed by atoms with Crippen LogP contribution in [0.1, 0.15) is 9.67 Å². The highest BCUT2D eigenvalue weighted by Crippen LogP contribution is 2.22. The lowest BCUT2D eigenvalue weighted by Crippen LogP contribution is -2.11. The second-order valence-corrected chi connectivity index (χ2v) is 3.53. The predicted molar refractivity (Wildman–Crippen MR) is 44.8 cm³/mol. The molecule has 4 heteroatoms. The van der Waals surface area contributed by atoms with Crippen LogP contribution in [0.3, 0.4) is 0 Å². The Balaban J connectivity index is 2.10. The van der Waals surface area contributed by atoms with E-state index in [0.717, 1.165) is 0 Å². The van der Waals surface area contributed by atoms with Crippen LogP contribution in [0.5, 0.6) is 0 Å². The van der Waals surface area contributed by atoms with Crippen molar-refractivity contribution in [1.29, 1.82) is 5.26 Å². The summed E-state index contributed by atoms with van der Waals surface area (Å²) < 4.78 is 0. The van der Waals surface area contributed by atoms with E-state index in [2.05, 4.69) is 0 Å². The molecule has 1 aliphatic heterocycles. The van der Waals surface area contributed by atoms with E-state index >= 15 is 0 Å². The minimum absolute atomic E-state index is 0.0171. The summed E-state index contributed by atoms with van der Waals surface area (Å²) in [7, 11) is 0. The van der Waals surface area contributed by atoms with Gasteiger partial charge in [0, 0.05) is 0 Å². The van der Waals surface area contributed by atoms with Gasteiger partial charge in [-0.3, -0.25) is 4.79 Å². The molecule has 2 heterocycles. The summed E-state index contributed by atoms with van der Waals surface area (Å²) in [6.45, 7) is 0.591. The van der Waals surface area contributed by atoms with Gasteiger partial charge in [0.15, 0.2) is 0 Å². The van der Waals surface area contributed by atoms with Crippen molar-refractivity contribution < 1.29 is 4.79 Å². The Bertz CT molecular complexity index is 338. The molecule has 1 amide bonds.